The van der Waals surface area contributed by atoms with E-state index in [2.05, 4.69) is 4.98 Å². The van der Waals surface area contributed by atoms with Crippen molar-refractivity contribution < 1.29 is 51.3 Å². The highest BCUT2D eigenvalue weighted by atomic mass is 19.4. The van der Waals surface area contributed by atoms with E-state index in [4.69, 9.17) is 14.2 Å². The van der Waals surface area contributed by atoms with Crippen LogP contribution in [-0.4, -0.2) is 126 Å². The number of nitrogens with zero attached hydrogens (tertiary/aromatic N) is 5. The van der Waals surface area contributed by atoms with Crippen LogP contribution in [0.1, 0.15) is 37.6 Å². The van der Waals surface area contributed by atoms with Gasteiger partial charge in [0.25, 0.3) is 0 Å². The molecule has 4 heterocycles. The summed E-state index contributed by atoms with van der Waals surface area (Å²) in [6.07, 6.45) is -5.45. The first-order chi connectivity index (χ1) is 22.7. The zero-order valence-electron chi connectivity index (χ0n) is 26.9. The molecular formula is C32H39F4N5O7. The monoisotopic (exact) mass is 681 g/mol. The highest BCUT2D eigenvalue weighted by molar-refractivity contribution is 5.97. The van der Waals surface area contributed by atoms with Gasteiger partial charge in [0.05, 0.1) is 31.5 Å². The molecule has 16 heteroatoms. The van der Waals surface area contributed by atoms with Crippen molar-refractivity contribution in [3.05, 3.63) is 53.0 Å². The number of rotatable bonds is 8. The Labute approximate surface area is 275 Å². The summed E-state index contributed by atoms with van der Waals surface area (Å²) < 4.78 is 71.5. The van der Waals surface area contributed by atoms with E-state index in [1.165, 1.54) is 33.8 Å². The molecule has 2 fully saturated rings. The van der Waals surface area contributed by atoms with Crippen LogP contribution in [0.2, 0.25) is 0 Å². The summed E-state index contributed by atoms with van der Waals surface area (Å²) in [6, 6.07) is 4.07. The second-order valence-corrected chi connectivity index (χ2v) is 12.4. The van der Waals surface area contributed by atoms with Crippen molar-refractivity contribution in [1.82, 2.24) is 19.7 Å². The SMILES string of the molecule is CC(=O)OCc1nc2c(cc1Cc1ccc(F)cc1)N(C(=O)CN1C[C@@H](C)N(C(=O)O)C[C@@H]1CN1CCOCC1C(F)(F)F)C(C)CO2. The summed E-state index contributed by atoms with van der Waals surface area (Å²) in [6.45, 7) is 4.02. The Morgan fingerprint density at radius 1 is 1.06 bits per heavy atom. The molecule has 0 saturated carbocycles. The first-order valence-electron chi connectivity index (χ1n) is 15.7. The van der Waals surface area contributed by atoms with E-state index < -0.39 is 54.8 Å². The maximum absolute atomic E-state index is 14.2. The second kappa shape index (κ2) is 14.6. The quantitative estimate of drug-likeness (QED) is 0.328. The van der Waals surface area contributed by atoms with Gasteiger partial charge in [-0.15, -0.1) is 0 Å². The van der Waals surface area contributed by atoms with Gasteiger partial charge in [-0.3, -0.25) is 19.4 Å². The number of halogens is 4. The molecule has 0 bridgehead atoms. The molecule has 0 spiro atoms. The molecule has 1 aromatic heterocycles. The van der Waals surface area contributed by atoms with E-state index in [-0.39, 0.29) is 70.8 Å². The summed E-state index contributed by atoms with van der Waals surface area (Å²) in [5, 5.41) is 9.82. The summed E-state index contributed by atoms with van der Waals surface area (Å²) in [5.74, 6) is -1.14. The number of esters is 1. The number of hydrogen-bond acceptors (Lipinski definition) is 9. The molecule has 4 atom stereocenters. The lowest BCUT2D eigenvalue weighted by molar-refractivity contribution is -0.214. The van der Waals surface area contributed by atoms with Crippen LogP contribution in [-0.2, 0) is 32.1 Å². The topological polar surface area (TPSA) is 125 Å². The van der Waals surface area contributed by atoms with Gasteiger partial charge >= 0.3 is 18.2 Å². The smallest absolute Gasteiger partial charge is 0.407 e. The van der Waals surface area contributed by atoms with Gasteiger partial charge in [-0.25, -0.2) is 14.2 Å². The number of fused-ring (bicyclic) bond motifs is 1. The lowest BCUT2D eigenvalue weighted by atomic mass is 10.0. The molecule has 0 aliphatic carbocycles. The van der Waals surface area contributed by atoms with E-state index in [1.807, 2.05) is 0 Å². The van der Waals surface area contributed by atoms with Crippen LogP contribution in [0.3, 0.4) is 0 Å². The van der Waals surface area contributed by atoms with Crippen LogP contribution in [0.25, 0.3) is 0 Å². The summed E-state index contributed by atoms with van der Waals surface area (Å²) in [7, 11) is 0. The Morgan fingerprint density at radius 3 is 2.46 bits per heavy atom. The summed E-state index contributed by atoms with van der Waals surface area (Å²) >= 11 is 0. The molecule has 48 heavy (non-hydrogen) atoms. The molecule has 3 aliphatic rings. The van der Waals surface area contributed by atoms with E-state index >= 15 is 0 Å². The number of hydrogen-bond donors (Lipinski definition) is 1. The zero-order valence-corrected chi connectivity index (χ0v) is 26.9. The van der Waals surface area contributed by atoms with Gasteiger partial charge in [-0.1, -0.05) is 12.1 Å². The van der Waals surface area contributed by atoms with E-state index in [1.54, 1.807) is 36.9 Å². The minimum Gasteiger partial charge on any atom is -0.474 e. The normalized spacial score (nSPS) is 23.7. The fourth-order valence-corrected chi connectivity index (χ4v) is 6.42. The van der Waals surface area contributed by atoms with Crippen molar-refractivity contribution in [3.63, 3.8) is 0 Å². The van der Waals surface area contributed by atoms with Gasteiger partial charge < -0.3 is 29.1 Å². The molecular weight excluding hydrogens is 642 g/mol. The minimum absolute atomic E-state index is 0.0111. The first kappa shape index (κ1) is 35.3. The lowest BCUT2D eigenvalue weighted by Crippen LogP contribution is -2.65. The predicted molar refractivity (Wildman–Crippen MR) is 163 cm³/mol. The molecule has 262 valence electrons. The number of morpholine rings is 1. The third-order valence-electron chi connectivity index (χ3n) is 8.89. The molecule has 2 amide bonds. The predicted octanol–water partition coefficient (Wildman–Crippen LogP) is 3.30. The van der Waals surface area contributed by atoms with Gasteiger partial charge in [0.15, 0.2) is 0 Å². The maximum atomic E-state index is 14.2. The third-order valence-corrected chi connectivity index (χ3v) is 8.89. The first-order valence-corrected chi connectivity index (χ1v) is 15.7. The Hall–Kier alpha value is -4.02. The molecule has 1 N–H and O–H groups in total. The lowest BCUT2D eigenvalue weighted by Gasteiger charge is -2.47. The number of amides is 2. The number of anilines is 1. The van der Waals surface area contributed by atoms with Gasteiger partial charge in [0, 0.05) is 45.2 Å². The van der Waals surface area contributed by atoms with Crippen LogP contribution in [0, 0.1) is 5.82 Å². The van der Waals surface area contributed by atoms with Crippen molar-refractivity contribution in [1.29, 1.82) is 0 Å². The van der Waals surface area contributed by atoms with E-state index in [0.29, 0.717) is 16.9 Å². The van der Waals surface area contributed by atoms with Gasteiger partial charge in [0.1, 0.15) is 30.8 Å². The van der Waals surface area contributed by atoms with Crippen molar-refractivity contribution in [3.8, 4) is 5.88 Å². The standard InChI is InChI=1S/C32H39F4N5O7/c1-19-12-39(25(14-40(19)31(44)45)13-38-8-9-46-18-28(38)32(34,35)36)15-29(43)41-20(2)16-48-30-27(41)11-23(26(37-30)17-47-21(3)42)10-22-4-6-24(33)7-5-22/h4-7,11,19-20,25,28H,8-10,12-18H2,1-3H3,(H,44,45)/t19-,20?,25+,28?/m1/s1. The number of ether oxygens (including phenoxy) is 3. The summed E-state index contributed by atoms with van der Waals surface area (Å²) in [5.41, 5.74) is 2.13. The van der Waals surface area contributed by atoms with Crippen molar-refractivity contribution in [2.45, 2.75) is 64.1 Å². The van der Waals surface area contributed by atoms with Crippen LogP contribution < -0.4 is 9.64 Å². The third kappa shape index (κ3) is 8.15. The number of pyridine rings is 1. The molecule has 1 aromatic carbocycles. The molecule has 12 nitrogen and oxygen atoms in total. The van der Waals surface area contributed by atoms with Gasteiger partial charge in [-0.2, -0.15) is 13.2 Å². The van der Waals surface area contributed by atoms with Crippen molar-refractivity contribution in [2.75, 3.05) is 57.4 Å². The molecule has 2 saturated heterocycles. The van der Waals surface area contributed by atoms with Crippen molar-refractivity contribution >= 4 is 23.7 Å². The van der Waals surface area contributed by atoms with Crippen molar-refractivity contribution in [2.24, 2.45) is 0 Å². The van der Waals surface area contributed by atoms with E-state index in [0.717, 1.165) is 5.56 Å². The van der Waals surface area contributed by atoms with E-state index in [9.17, 15) is 37.1 Å². The fourth-order valence-electron chi connectivity index (χ4n) is 6.42. The number of benzene rings is 1. The molecule has 3 aliphatic heterocycles. The summed E-state index contributed by atoms with van der Waals surface area (Å²) in [4.78, 5) is 48.1. The minimum atomic E-state index is -4.55. The number of carboxylic acid groups (broad SMARTS) is 1. The Bertz CT molecular complexity index is 1490. The van der Waals surface area contributed by atoms with Crippen LogP contribution in [0.5, 0.6) is 5.88 Å². The largest absolute Gasteiger partial charge is 0.474 e. The number of aromatic nitrogens is 1. The van der Waals surface area contributed by atoms with Crippen LogP contribution >= 0.6 is 0 Å². The fraction of sp³-hybridized carbons (Fsp3) is 0.562. The molecule has 5 rings (SSSR count). The highest BCUT2D eigenvalue weighted by Gasteiger charge is 2.47. The number of carbonyl (C=O) groups excluding carboxylic acids is 2. The maximum Gasteiger partial charge on any atom is 0.407 e. The average Bonchev–Trinajstić information content (AvgIpc) is 3.01. The Morgan fingerprint density at radius 2 is 1.79 bits per heavy atom. The van der Waals surface area contributed by atoms with Crippen LogP contribution in [0.4, 0.5) is 28.0 Å². The van der Waals surface area contributed by atoms with Crippen LogP contribution in [0.15, 0.2) is 30.3 Å². The molecule has 2 aromatic rings. The Kier molecular flexibility index (Phi) is 10.7. The molecule has 0 radical (unpaired) electrons. The number of alkyl halides is 3. The molecule has 2 unspecified atom stereocenters. The van der Waals surface area contributed by atoms with Gasteiger partial charge in [-0.05, 0) is 49.6 Å². The second-order valence-electron chi connectivity index (χ2n) is 12.4. The number of carbonyl (C=O) groups is 3. The van der Waals surface area contributed by atoms with Gasteiger partial charge in [0.2, 0.25) is 11.8 Å². The average molecular weight is 682 g/mol. The zero-order chi connectivity index (χ0) is 34.7. The Balaban J connectivity index is 1.43. The highest BCUT2D eigenvalue weighted by Crippen LogP contribution is 2.36. The number of piperazine rings is 1.